The number of benzene rings is 1. The Morgan fingerprint density at radius 3 is 2.33 bits per heavy atom. The summed E-state index contributed by atoms with van der Waals surface area (Å²) in [4.78, 5) is 2.46. The SMILES string of the molecule is CCn1c(C)c[n+](CC)c1/N=N/c1ccc(N2CCCCC2)cc1. The van der Waals surface area contributed by atoms with Gasteiger partial charge in [-0.1, -0.05) is 5.11 Å². The van der Waals surface area contributed by atoms with E-state index >= 15 is 0 Å². The first-order valence-electron chi connectivity index (χ1n) is 9.09. The molecular formula is C19H28N5+. The lowest BCUT2D eigenvalue weighted by Crippen LogP contribution is -2.30. The molecule has 0 unspecified atom stereocenters. The van der Waals surface area contributed by atoms with Crippen LogP contribution in [0.25, 0.3) is 0 Å². The van der Waals surface area contributed by atoms with Crippen molar-refractivity contribution < 1.29 is 4.57 Å². The van der Waals surface area contributed by atoms with Crippen molar-refractivity contribution in [2.45, 2.75) is 53.1 Å². The molecule has 128 valence electrons. The molecule has 1 aliphatic rings. The normalized spacial score (nSPS) is 15.4. The molecule has 2 aromatic rings. The number of piperidine rings is 1. The Balaban J connectivity index is 1.77. The van der Waals surface area contributed by atoms with E-state index in [2.05, 4.69) is 75.5 Å². The molecule has 1 aliphatic heterocycles. The fourth-order valence-electron chi connectivity index (χ4n) is 3.39. The molecule has 0 radical (unpaired) electrons. The minimum Gasteiger partial charge on any atom is -0.372 e. The molecular weight excluding hydrogens is 298 g/mol. The average molecular weight is 326 g/mol. The maximum Gasteiger partial charge on any atom is 0.421 e. The Bertz CT molecular complexity index is 693. The number of rotatable bonds is 5. The monoisotopic (exact) mass is 326 g/mol. The number of hydrogen-bond donors (Lipinski definition) is 0. The lowest BCUT2D eigenvalue weighted by atomic mass is 10.1. The summed E-state index contributed by atoms with van der Waals surface area (Å²) in [6.07, 6.45) is 6.09. The summed E-state index contributed by atoms with van der Waals surface area (Å²) in [5.74, 6) is 0.914. The lowest BCUT2D eigenvalue weighted by Gasteiger charge is -2.28. The molecule has 1 aromatic heterocycles. The quantitative estimate of drug-likeness (QED) is 0.587. The number of hydrogen-bond acceptors (Lipinski definition) is 3. The van der Waals surface area contributed by atoms with Gasteiger partial charge in [-0.3, -0.25) is 0 Å². The van der Waals surface area contributed by atoms with E-state index in [1.165, 1.54) is 43.7 Å². The topological polar surface area (TPSA) is 36.8 Å². The van der Waals surface area contributed by atoms with E-state index in [4.69, 9.17) is 0 Å². The molecule has 3 rings (SSSR count). The van der Waals surface area contributed by atoms with E-state index in [1.807, 2.05) is 0 Å². The molecule has 0 bridgehead atoms. The molecule has 0 amide bonds. The van der Waals surface area contributed by atoms with Gasteiger partial charge in [0.05, 0.1) is 19.3 Å². The fraction of sp³-hybridized carbons (Fsp3) is 0.526. The zero-order valence-corrected chi connectivity index (χ0v) is 15.1. The zero-order valence-electron chi connectivity index (χ0n) is 15.1. The first-order valence-corrected chi connectivity index (χ1v) is 9.09. The van der Waals surface area contributed by atoms with Crippen LogP contribution in [0.5, 0.6) is 0 Å². The highest BCUT2D eigenvalue weighted by Crippen LogP contribution is 2.24. The minimum absolute atomic E-state index is 0.899. The minimum atomic E-state index is 0.899. The predicted molar refractivity (Wildman–Crippen MR) is 97.4 cm³/mol. The van der Waals surface area contributed by atoms with Gasteiger partial charge in [0.2, 0.25) is 0 Å². The van der Waals surface area contributed by atoms with Gasteiger partial charge in [-0.25, -0.2) is 9.13 Å². The van der Waals surface area contributed by atoms with E-state index in [9.17, 15) is 0 Å². The van der Waals surface area contributed by atoms with Crippen LogP contribution in [0, 0.1) is 6.92 Å². The van der Waals surface area contributed by atoms with Crippen molar-refractivity contribution in [3.05, 3.63) is 36.2 Å². The smallest absolute Gasteiger partial charge is 0.372 e. The lowest BCUT2D eigenvalue weighted by molar-refractivity contribution is -0.680. The van der Waals surface area contributed by atoms with Crippen LogP contribution in [0.15, 0.2) is 40.7 Å². The van der Waals surface area contributed by atoms with Gasteiger partial charge >= 0.3 is 5.95 Å². The van der Waals surface area contributed by atoms with Gasteiger partial charge < -0.3 is 4.90 Å². The second-order valence-electron chi connectivity index (χ2n) is 6.36. The number of azo groups is 1. The maximum atomic E-state index is 4.52. The van der Waals surface area contributed by atoms with Gasteiger partial charge in [0, 0.05) is 23.9 Å². The number of aromatic nitrogens is 2. The summed E-state index contributed by atoms with van der Waals surface area (Å²) in [5, 5.41) is 8.98. The van der Waals surface area contributed by atoms with Crippen molar-refractivity contribution in [1.82, 2.24) is 4.57 Å². The standard InChI is InChI=1S/C19H28N5/c1-4-22-15-16(3)24(5-2)19(22)21-20-17-9-11-18(12-10-17)23-13-7-6-8-14-23/h9-12,15H,4-8,13-14H2,1-3H3/q+1. The second-order valence-corrected chi connectivity index (χ2v) is 6.36. The van der Waals surface area contributed by atoms with Crippen molar-refractivity contribution in [3.63, 3.8) is 0 Å². The number of nitrogens with zero attached hydrogens (tertiary/aromatic N) is 5. The van der Waals surface area contributed by atoms with Crippen LogP contribution in [-0.4, -0.2) is 17.7 Å². The third-order valence-electron chi connectivity index (χ3n) is 4.75. The summed E-state index contributed by atoms with van der Waals surface area (Å²) in [5.41, 5.74) is 3.42. The molecule has 0 atom stereocenters. The molecule has 0 aliphatic carbocycles. The van der Waals surface area contributed by atoms with Crippen LogP contribution < -0.4 is 9.47 Å². The Morgan fingerprint density at radius 2 is 1.71 bits per heavy atom. The number of aryl methyl sites for hydroxylation is 2. The average Bonchev–Trinajstić information content (AvgIpc) is 2.95. The Morgan fingerprint density at radius 1 is 1.00 bits per heavy atom. The third kappa shape index (κ3) is 3.50. The van der Waals surface area contributed by atoms with E-state index in [0.29, 0.717) is 0 Å². The number of anilines is 1. The van der Waals surface area contributed by atoms with E-state index in [-0.39, 0.29) is 0 Å². The van der Waals surface area contributed by atoms with Gasteiger partial charge in [-0.05, 0) is 64.3 Å². The number of imidazole rings is 1. The molecule has 2 heterocycles. The third-order valence-corrected chi connectivity index (χ3v) is 4.75. The molecule has 1 saturated heterocycles. The van der Waals surface area contributed by atoms with Crippen LogP contribution >= 0.6 is 0 Å². The summed E-state index contributed by atoms with van der Waals surface area (Å²) in [6, 6.07) is 8.46. The van der Waals surface area contributed by atoms with Gasteiger partial charge in [0.1, 0.15) is 11.4 Å². The zero-order chi connectivity index (χ0) is 16.9. The predicted octanol–water partition coefficient (Wildman–Crippen LogP) is 4.53. The van der Waals surface area contributed by atoms with Crippen molar-refractivity contribution in [2.75, 3.05) is 18.0 Å². The summed E-state index contributed by atoms with van der Waals surface area (Å²) in [7, 11) is 0. The molecule has 1 fully saturated rings. The van der Waals surface area contributed by atoms with Crippen LogP contribution in [0.3, 0.4) is 0 Å². The highest BCUT2D eigenvalue weighted by molar-refractivity contribution is 5.52. The molecule has 24 heavy (non-hydrogen) atoms. The second kappa shape index (κ2) is 7.60. The summed E-state index contributed by atoms with van der Waals surface area (Å²) >= 11 is 0. The van der Waals surface area contributed by atoms with Crippen LogP contribution in [0.2, 0.25) is 0 Å². The molecule has 0 saturated carbocycles. The maximum absolute atomic E-state index is 4.52. The van der Waals surface area contributed by atoms with Gasteiger partial charge in [0.15, 0.2) is 0 Å². The highest BCUT2D eigenvalue weighted by atomic mass is 15.3. The highest BCUT2D eigenvalue weighted by Gasteiger charge is 2.18. The van der Waals surface area contributed by atoms with E-state index in [1.54, 1.807) is 0 Å². The van der Waals surface area contributed by atoms with Crippen molar-refractivity contribution in [1.29, 1.82) is 0 Å². The van der Waals surface area contributed by atoms with Crippen molar-refractivity contribution in [3.8, 4) is 0 Å². The molecule has 5 heteroatoms. The van der Waals surface area contributed by atoms with Crippen molar-refractivity contribution in [2.24, 2.45) is 10.2 Å². The Hall–Kier alpha value is -2.17. The first kappa shape index (κ1) is 16.7. The van der Waals surface area contributed by atoms with E-state index < -0.39 is 0 Å². The van der Waals surface area contributed by atoms with Gasteiger partial charge in [0.25, 0.3) is 0 Å². The van der Waals surface area contributed by atoms with E-state index in [0.717, 1.165) is 24.7 Å². The van der Waals surface area contributed by atoms with Gasteiger partial charge in [-0.15, -0.1) is 0 Å². The molecule has 0 spiro atoms. The Labute approximate surface area is 144 Å². The largest absolute Gasteiger partial charge is 0.421 e. The van der Waals surface area contributed by atoms with Gasteiger partial charge in [-0.2, -0.15) is 0 Å². The molecule has 5 nitrogen and oxygen atoms in total. The first-order chi connectivity index (χ1) is 11.7. The fourth-order valence-corrected chi connectivity index (χ4v) is 3.39. The van der Waals surface area contributed by atoms with Crippen LogP contribution in [0.1, 0.15) is 38.8 Å². The Kier molecular flexibility index (Phi) is 5.28. The molecule has 0 N–H and O–H groups in total. The van der Waals surface area contributed by atoms with Crippen molar-refractivity contribution >= 4 is 17.3 Å². The summed E-state index contributed by atoms with van der Waals surface area (Å²) in [6.45, 7) is 10.5. The molecule has 1 aromatic carbocycles. The van der Waals surface area contributed by atoms with Crippen LogP contribution in [-0.2, 0) is 13.1 Å². The van der Waals surface area contributed by atoms with Crippen LogP contribution in [0.4, 0.5) is 17.3 Å². The summed E-state index contributed by atoms with van der Waals surface area (Å²) < 4.78 is 4.33.